The molecule has 0 aliphatic heterocycles. The number of nitrogens with one attached hydrogen (secondary N) is 1. The topological polar surface area (TPSA) is 32.9 Å². The van der Waals surface area contributed by atoms with Gasteiger partial charge < -0.3 is 4.98 Å². The van der Waals surface area contributed by atoms with Gasteiger partial charge in [-0.05, 0) is 30.9 Å². The van der Waals surface area contributed by atoms with Gasteiger partial charge in [-0.25, -0.2) is 0 Å². The van der Waals surface area contributed by atoms with Crippen molar-refractivity contribution in [2.45, 2.75) is 18.8 Å². The van der Waals surface area contributed by atoms with Crippen molar-refractivity contribution in [3.63, 3.8) is 0 Å². The summed E-state index contributed by atoms with van der Waals surface area (Å²) in [4.78, 5) is 13.6. The first-order chi connectivity index (χ1) is 4.88. The van der Waals surface area contributed by atoms with Crippen molar-refractivity contribution in [3.8, 4) is 0 Å². The van der Waals surface area contributed by atoms with Gasteiger partial charge in [0, 0.05) is 11.8 Å². The summed E-state index contributed by atoms with van der Waals surface area (Å²) in [6.07, 6.45) is 3.93. The second-order valence-electron chi connectivity index (χ2n) is 2.64. The highest BCUT2D eigenvalue weighted by atomic mass is 16.1. The molecule has 1 radical (unpaired) electrons. The fourth-order valence-corrected chi connectivity index (χ4v) is 1.07. The van der Waals surface area contributed by atoms with Crippen molar-refractivity contribution < 1.29 is 0 Å². The van der Waals surface area contributed by atoms with E-state index in [0.29, 0.717) is 5.92 Å². The zero-order valence-electron chi connectivity index (χ0n) is 5.55. The molecule has 1 N–H and O–H groups in total. The quantitative estimate of drug-likeness (QED) is 0.611. The van der Waals surface area contributed by atoms with E-state index >= 15 is 0 Å². The highest BCUT2D eigenvalue weighted by Crippen LogP contribution is 2.37. The third-order valence-electron chi connectivity index (χ3n) is 1.77. The van der Waals surface area contributed by atoms with Gasteiger partial charge in [-0.2, -0.15) is 0 Å². The zero-order chi connectivity index (χ0) is 6.97. The van der Waals surface area contributed by atoms with Crippen LogP contribution in [0.4, 0.5) is 0 Å². The third kappa shape index (κ3) is 0.856. The Morgan fingerprint density at radius 3 is 3.00 bits per heavy atom. The van der Waals surface area contributed by atoms with Crippen molar-refractivity contribution in [1.29, 1.82) is 0 Å². The lowest BCUT2D eigenvalue weighted by Gasteiger charge is -1.91. The van der Waals surface area contributed by atoms with Crippen molar-refractivity contribution in [2.24, 2.45) is 0 Å². The molecule has 2 heteroatoms. The van der Waals surface area contributed by atoms with Gasteiger partial charge in [0.15, 0.2) is 0 Å². The highest BCUT2D eigenvalue weighted by Gasteiger charge is 2.25. The van der Waals surface area contributed by atoms with E-state index in [1.807, 2.05) is 0 Å². The summed E-state index contributed by atoms with van der Waals surface area (Å²) in [6, 6.07) is 4.71. The first-order valence-electron chi connectivity index (χ1n) is 3.47. The van der Waals surface area contributed by atoms with Crippen LogP contribution in [0, 0.1) is 6.07 Å². The molecule has 0 amide bonds. The molecule has 51 valence electrons. The minimum absolute atomic E-state index is 0.0324. The van der Waals surface area contributed by atoms with Crippen LogP contribution < -0.4 is 5.56 Å². The molecule has 1 fully saturated rings. The molecule has 0 bridgehead atoms. The van der Waals surface area contributed by atoms with Crippen LogP contribution in [-0.2, 0) is 0 Å². The van der Waals surface area contributed by atoms with E-state index in [-0.39, 0.29) is 5.56 Å². The largest absolute Gasteiger partial charge is 0.329 e. The van der Waals surface area contributed by atoms with Crippen LogP contribution >= 0.6 is 0 Å². The Bertz CT molecular complexity index is 285. The molecule has 2 rings (SSSR count). The number of hydrogen-bond donors (Lipinski definition) is 1. The minimum Gasteiger partial charge on any atom is -0.329 e. The molecule has 0 unspecified atom stereocenters. The number of hydrogen-bond acceptors (Lipinski definition) is 1. The first kappa shape index (κ1) is 5.71. The normalized spacial score (nSPS) is 17.2. The molecule has 10 heavy (non-hydrogen) atoms. The maximum Gasteiger partial charge on any atom is 0.252 e. The van der Waals surface area contributed by atoms with Gasteiger partial charge >= 0.3 is 0 Å². The van der Waals surface area contributed by atoms with Crippen molar-refractivity contribution in [2.75, 3.05) is 0 Å². The Morgan fingerprint density at radius 1 is 1.60 bits per heavy atom. The van der Waals surface area contributed by atoms with Crippen LogP contribution in [-0.4, -0.2) is 4.98 Å². The summed E-state index contributed by atoms with van der Waals surface area (Å²) in [7, 11) is 0. The van der Waals surface area contributed by atoms with Gasteiger partial charge in [0.05, 0.1) is 0 Å². The molecular weight excluding hydrogens is 126 g/mol. The first-order valence-corrected chi connectivity index (χ1v) is 3.47. The number of H-pyrrole nitrogens is 1. The summed E-state index contributed by atoms with van der Waals surface area (Å²) in [5.41, 5.74) is 0.868. The Balaban J connectivity index is 2.48. The summed E-state index contributed by atoms with van der Waals surface area (Å²) in [6.45, 7) is 0. The van der Waals surface area contributed by atoms with Crippen LogP contribution in [0.1, 0.15) is 24.3 Å². The van der Waals surface area contributed by atoms with E-state index in [9.17, 15) is 4.79 Å². The average molecular weight is 134 g/mol. The lowest BCUT2D eigenvalue weighted by molar-refractivity contribution is 1.05. The van der Waals surface area contributed by atoms with Crippen LogP contribution in [0.2, 0.25) is 0 Å². The highest BCUT2D eigenvalue weighted by molar-refractivity contribution is 5.17. The van der Waals surface area contributed by atoms with Crippen molar-refractivity contribution in [3.05, 3.63) is 34.2 Å². The molecule has 0 saturated heterocycles. The monoisotopic (exact) mass is 134 g/mol. The molecule has 0 spiro atoms. The standard InChI is InChI=1S/C8H8NO/c10-8-7(6-3-4-6)2-1-5-9-8/h1,5-6H,3-4H2,(H,9,10). The summed E-state index contributed by atoms with van der Waals surface area (Å²) < 4.78 is 0. The van der Waals surface area contributed by atoms with Gasteiger partial charge in [-0.3, -0.25) is 4.79 Å². The smallest absolute Gasteiger partial charge is 0.252 e. The molecule has 1 heterocycles. The number of aromatic amines is 1. The maximum atomic E-state index is 11.0. The minimum atomic E-state index is 0.0324. The molecule has 1 aliphatic rings. The lowest BCUT2D eigenvalue weighted by Crippen LogP contribution is -2.09. The second kappa shape index (κ2) is 1.97. The van der Waals surface area contributed by atoms with E-state index in [4.69, 9.17) is 0 Å². The SMILES string of the molecule is O=c1[nH]cc[c]c1C1CC1. The molecular formula is C8H8NO. The van der Waals surface area contributed by atoms with Crippen molar-refractivity contribution in [1.82, 2.24) is 4.98 Å². The van der Waals surface area contributed by atoms with E-state index in [1.54, 1.807) is 12.3 Å². The van der Waals surface area contributed by atoms with Crippen molar-refractivity contribution >= 4 is 0 Å². The number of rotatable bonds is 1. The maximum absolute atomic E-state index is 11.0. The van der Waals surface area contributed by atoms with E-state index in [1.165, 1.54) is 0 Å². The Hall–Kier alpha value is -1.05. The van der Waals surface area contributed by atoms with Crippen LogP contribution in [0.3, 0.4) is 0 Å². The molecule has 1 saturated carbocycles. The number of aromatic nitrogens is 1. The zero-order valence-corrected chi connectivity index (χ0v) is 5.55. The van der Waals surface area contributed by atoms with E-state index < -0.39 is 0 Å². The van der Waals surface area contributed by atoms with Crippen LogP contribution in [0.25, 0.3) is 0 Å². The Morgan fingerprint density at radius 2 is 2.40 bits per heavy atom. The molecule has 0 atom stereocenters. The van der Waals surface area contributed by atoms with E-state index in [2.05, 4.69) is 11.1 Å². The summed E-state index contributed by atoms with van der Waals surface area (Å²) >= 11 is 0. The van der Waals surface area contributed by atoms with Gasteiger partial charge in [-0.15, -0.1) is 0 Å². The van der Waals surface area contributed by atoms with E-state index in [0.717, 1.165) is 18.4 Å². The van der Waals surface area contributed by atoms with Gasteiger partial charge in [0.1, 0.15) is 0 Å². The van der Waals surface area contributed by atoms with Gasteiger partial charge in [-0.1, -0.05) is 0 Å². The fourth-order valence-electron chi connectivity index (χ4n) is 1.07. The predicted molar refractivity (Wildman–Crippen MR) is 37.9 cm³/mol. The lowest BCUT2D eigenvalue weighted by atomic mass is 10.2. The molecule has 1 aliphatic carbocycles. The van der Waals surface area contributed by atoms with Crippen LogP contribution in [0.15, 0.2) is 17.1 Å². The fraction of sp³-hybridized carbons (Fsp3) is 0.375. The van der Waals surface area contributed by atoms with Gasteiger partial charge in [0.25, 0.3) is 5.56 Å². The van der Waals surface area contributed by atoms with Crippen LogP contribution in [0.5, 0.6) is 0 Å². The third-order valence-corrected chi connectivity index (χ3v) is 1.77. The number of pyridine rings is 1. The Labute approximate surface area is 58.9 Å². The molecule has 0 aromatic carbocycles. The summed E-state index contributed by atoms with van der Waals surface area (Å²) in [5, 5.41) is 0. The van der Waals surface area contributed by atoms with Gasteiger partial charge in [0.2, 0.25) is 0 Å². The molecule has 1 aromatic heterocycles. The Kier molecular flexibility index (Phi) is 1.13. The predicted octanol–water partition coefficient (Wildman–Crippen LogP) is 1.05. The molecule has 1 aromatic rings. The summed E-state index contributed by atoms with van der Waals surface area (Å²) in [5.74, 6) is 0.505. The second-order valence-corrected chi connectivity index (χ2v) is 2.64. The average Bonchev–Trinajstić information content (AvgIpc) is 2.71. The molecule has 2 nitrogen and oxygen atoms in total.